The molecule has 4 aromatic rings. The first-order valence-corrected chi connectivity index (χ1v) is 12.8. The standard InChI is InChI=1S/C29H31N5O3/c1-3-20-10-12-21(13-11-20)33-19-25(28(36)37-4-2)26(35)24-18-31-29(32-27(24)33)34(22-8-6-5-7-9-22)23-14-16-30-17-15-23/h5-13,18-19,23,30H,3-4,14-17H2,1-2H3. The average Bonchev–Trinajstić information content (AvgIpc) is 2.95. The first-order chi connectivity index (χ1) is 18.1. The molecule has 1 saturated heterocycles. The molecule has 1 fully saturated rings. The molecule has 1 aliphatic rings. The zero-order valence-electron chi connectivity index (χ0n) is 21.2. The molecular weight excluding hydrogens is 466 g/mol. The van der Waals surface area contributed by atoms with Crippen molar-refractivity contribution < 1.29 is 9.53 Å². The number of carbonyl (C=O) groups excluding carboxylic acids is 1. The summed E-state index contributed by atoms with van der Waals surface area (Å²) >= 11 is 0. The highest BCUT2D eigenvalue weighted by Gasteiger charge is 2.26. The van der Waals surface area contributed by atoms with Gasteiger partial charge in [-0.15, -0.1) is 0 Å². The van der Waals surface area contributed by atoms with E-state index in [1.807, 2.05) is 42.5 Å². The molecule has 5 rings (SSSR count). The molecule has 1 aliphatic heterocycles. The lowest BCUT2D eigenvalue weighted by molar-refractivity contribution is 0.0524. The van der Waals surface area contributed by atoms with Gasteiger partial charge in [-0.1, -0.05) is 37.3 Å². The molecule has 0 spiro atoms. The number of fused-ring (bicyclic) bond motifs is 1. The van der Waals surface area contributed by atoms with Crippen molar-refractivity contribution in [3.8, 4) is 5.69 Å². The maximum Gasteiger partial charge on any atom is 0.343 e. The van der Waals surface area contributed by atoms with Crippen molar-refractivity contribution in [3.05, 3.63) is 88.3 Å². The number of anilines is 2. The largest absolute Gasteiger partial charge is 0.462 e. The number of rotatable bonds is 7. The second-order valence-corrected chi connectivity index (χ2v) is 9.08. The molecule has 2 aromatic heterocycles. The number of aryl methyl sites for hydroxylation is 1. The fourth-order valence-corrected chi connectivity index (χ4v) is 4.80. The highest BCUT2D eigenvalue weighted by Crippen LogP contribution is 2.29. The van der Waals surface area contributed by atoms with Crippen molar-refractivity contribution in [3.63, 3.8) is 0 Å². The van der Waals surface area contributed by atoms with Gasteiger partial charge in [-0.05, 0) is 69.1 Å². The Morgan fingerprint density at radius 2 is 1.81 bits per heavy atom. The van der Waals surface area contributed by atoms with Gasteiger partial charge < -0.3 is 19.5 Å². The van der Waals surface area contributed by atoms with Gasteiger partial charge in [0.15, 0.2) is 5.65 Å². The zero-order chi connectivity index (χ0) is 25.8. The second-order valence-electron chi connectivity index (χ2n) is 9.08. The molecular formula is C29H31N5O3. The number of ether oxygens (including phenoxy) is 1. The van der Waals surface area contributed by atoms with E-state index in [1.165, 1.54) is 18.0 Å². The van der Waals surface area contributed by atoms with E-state index in [-0.39, 0.29) is 23.6 Å². The van der Waals surface area contributed by atoms with Crippen LogP contribution in [0.3, 0.4) is 0 Å². The topological polar surface area (TPSA) is 89.3 Å². The molecule has 0 atom stereocenters. The summed E-state index contributed by atoms with van der Waals surface area (Å²) in [6.07, 6.45) is 5.88. The monoisotopic (exact) mass is 497 g/mol. The number of nitrogens with zero attached hydrogens (tertiary/aromatic N) is 4. The van der Waals surface area contributed by atoms with Crippen molar-refractivity contribution in [1.82, 2.24) is 19.9 Å². The molecule has 1 N–H and O–H groups in total. The van der Waals surface area contributed by atoms with Crippen molar-refractivity contribution in [2.45, 2.75) is 39.2 Å². The van der Waals surface area contributed by atoms with Gasteiger partial charge in [0.1, 0.15) is 5.56 Å². The van der Waals surface area contributed by atoms with Crippen LogP contribution in [-0.2, 0) is 11.2 Å². The van der Waals surface area contributed by atoms with Crippen LogP contribution in [0.2, 0.25) is 0 Å². The van der Waals surface area contributed by atoms with Gasteiger partial charge in [-0.3, -0.25) is 4.79 Å². The van der Waals surface area contributed by atoms with Gasteiger partial charge >= 0.3 is 5.97 Å². The smallest absolute Gasteiger partial charge is 0.343 e. The average molecular weight is 498 g/mol. The van der Waals surface area contributed by atoms with Gasteiger partial charge in [0.2, 0.25) is 11.4 Å². The molecule has 8 nitrogen and oxygen atoms in total. The molecule has 0 radical (unpaired) electrons. The number of nitrogens with one attached hydrogen (secondary N) is 1. The number of benzene rings is 2. The van der Waals surface area contributed by atoms with Crippen LogP contribution in [0.1, 0.15) is 42.6 Å². The van der Waals surface area contributed by atoms with Crippen molar-refractivity contribution in [2.24, 2.45) is 0 Å². The Morgan fingerprint density at radius 3 is 2.49 bits per heavy atom. The maximum absolute atomic E-state index is 13.4. The fraction of sp³-hybridized carbons (Fsp3) is 0.310. The molecule has 2 aromatic carbocycles. The summed E-state index contributed by atoms with van der Waals surface area (Å²) in [5.41, 5.74) is 2.96. The lowest BCUT2D eigenvalue weighted by atomic mass is 10.0. The van der Waals surface area contributed by atoms with Crippen LogP contribution in [0.15, 0.2) is 71.8 Å². The van der Waals surface area contributed by atoms with Crippen LogP contribution in [0.5, 0.6) is 0 Å². The molecule has 0 bridgehead atoms. The minimum absolute atomic E-state index is 0.0384. The van der Waals surface area contributed by atoms with E-state index in [2.05, 4.69) is 34.3 Å². The van der Waals surface area contributed by atoms with Crippen LogP contribution in [0.25, 0.3) is 16.7 Å². The van der Waals surface area contributed by atoms with E-state index in [9.17, 15) is 9.59 Å². The number of carbonyl (C=O) groups is 1. The lowest BCUT2D eigenvalue weighted by Crippen LogP contribution is -2.41. The summed E-state index contributed by atoms with van der Waals surface area (Å²) < 4.78 is 6.97. The summed E-state index contributed by atoms with van der Waals surface area (Å²) in [6, 6.07) is 18.3. The van der Waals surface area contributed by atoms with Crippen LogP contribution < -0.4 is 15.6 Å². The van der Waals surface area contributed by atoms with Gasteiger partial charge in [-0.25, -0.2) is 9.78 Å². The lowest BCUT2D eigenvalue weighted by Gasteiger charge is -2.34. The zero-order valence-corrected chi connectivity index (χ0v) is 21.2. The SMILES string of the molecule is CCOC(=O)c1cn(-c2ccc(CC)cc2)c2nc(N(c3ccccc3)C3CCNCC3)ncc2c1=O. The number of esters is 1. The molecule has 37 heavy (non-hydrogen) atoms. The summed E-state index contributed by atoms with van der Waals surface area (Å²) in [5, 5.41) is 3.69. The third-order valence-corrected chi connectivity index (χ3v) is 6.77. The molecule has 0 unspecified atom stereocenters. The van der Waals surface area contributed by atoms with Crippen LogP contribution in [0.4, 0.5) is 11.6 Å². The minimum Gasteiger partial charge on any atom is -0.462 e. The highest BCUT2D eigenvalue weighted by molar-refractivity contribution is 5.93. The van der Waals surface area contributed by atoms with Crippen LogP contribution >= 0.6 is 0 Å². The predicted octanol–water partition coefficient (Wildman–Crippen LogP) is 4.41. The summed E-state index contributed by atoms with van der Waals surface area (Å²) in [6.45, 7) is 5.83. The van der Waals surface area contributed by atoms with Crippen LogP contribution in [0, 0.1) is 0 Å². The van der Waals surface area contributed by atoms with Crippen molar-refractivity contribution in [1.29, 1.82) is 0 Å². The quantitative estimate of drug-likeness (QED) is 0.378. The number of pyridine rings is 1. The Bertz CT molecular complexity index is 1440. The number of piperidine rings is 1. The van der Waals surface area contributed by atoms with Crippen LogP contribution in [-0.4, -0.2) is 46.2 Å². The first-order valence-electron chi connectivity index (χ1n) is 12.8. The summed E-state index contributed by atoms with van der Waals surface area (Å²) in [5.74, 6) is -0.133. The highest BCUT2D eigenvalue weighted by atomic mass is 16.5. The third kappa shape index (κ3) is 4.97. The summed E-state index contributed by atoms with van der Waals surface area (Å²) in [7, 11) is 0. The van der Waals surface area contributed by atoms with E-state index in [4.69, 9.17) is 9.72 Å². The number of aromatic nitrogens is 3. The van der Waals surface area contributed by atoms with Gasteiger partial charge in [0.05, 0.1) is 12.0 Å². The Labute approximate surface area is 215 Å². The van der Waals surface area contributed by atoms with Gasteiger partial charge in [0, 0.05) is 29.8 Å². The first kappa shape index (κ1) is 24.6. The summed E-state index contributed by atoms with van der Waals surface area (Å²) in [4.78, 5) is 37.8. The van der Waals surface area contributed by atoms with Crippen molar-refractivity contribution in [2.75, 3.05) is 24.6 Å². The maximum atomic E-state index is 13.4. The normalized spacial score (nSPS) is 14.0. The van der Waals surface area contributed by atoms with E-state index in [0.717, 1.165) is 43.7 Å². The number of para-hydroxylation sites is 1. The second kappa shape index (κ2) is 10.9. The Kier molecular flexibility index (Phi) is 7.28. The predicted molar refractivity (Wildman–Crippen MR) is 145 cm³/mol. The fourth-order valence-electron chi connectivity index (χ4n) is 4.80. The molecule has 8 heteroatoms. The molecule has 3 heterocycles. The molecule has 190 valence electrons. The molecule has 0 saturated carbocycles. The Balaban J connectivity index is 1.72. The van der Waals surface area contributed by atoms with Gasteiger partial charge in [0.25, 0.3) is 0 Å². The number of hydrogen-bond donors (Lipinski definition) is 1. The van der Waals surface area contributed by atoms with E-state index < -0.39 is 11.4 Å². The number of hydrogen-bond acceptors (Lipinski definition) is 7. The third-order valence-electron chi connectivity index (χ3n) is 6.77. The van der Waals surface area contributed by atoms with E-state index >= 15 is 0 Å². The minimum atomic E-state index is -0.655. The Morgan fingerprint density at radius 1 is 1.08 bits per heavy atom. The van der Waals surface area contributed by atoms with Crippen molar-refractivity contribution >= 4 is 28.6 Å². The Hall–Kier alpha value is -4.04. The van der Waals surface area contributed by atoms with E-state index in [1.54, 1.807) is 11.5 Å². The molecule has 0 aliphatic carbocycles. The van der Waals surface area contributed by atoms with E-state index in [0.29, 0.717) is 11.6 Å². The van der Waals surface area contributed by atoms with Gasteiger partial charge in [-0.2, -0.15) is 4.98 Å². The molecule has 0 amide bonds.